The molecule has 0 amide bonds. The highest BCUT2D eigenvalue weighted by Crippen LogP contribution is 2.50. The molecule has 3 aromatic heterocycles. The van der Waals surface area contributed by atoms with Gasteiger partial charge in [0, 0.05) is 123 Å². The van der Waals surface area contributed by atoms with Gasteiger partial charge in [-0.3, -0.25) is 19.2 Å². The smallest absolute Gasteiger partial charge is 0.314 e. The molecule has 8 N–H and O–H groups in total. The van der Waals surface area contributed by atoms with Gasteiger partial charge in [0.25, 0.3) is 0 Å². The molecule has 123 heavy (non-hydrogen) atoms. The largest absolute Gasteiger partial charge is 0.481 e. The summed E-state index contributed by atoms with van der Waals surface area (Å²) in [6, 6.07) is 42.9. The van der Waals surface area contributed by atoms with Crippen LogP contribution >= 0.6 is 46.4 Å². The molecule has 3 aliphatic carbocycles. The molecule has 26 heteroatoms. The molecule has 660 valence electrons. The second-order valence-electron chi connectivity index (χ2n) is 35.9. The first-order valence-corrected chi connectivity index (χ1v) is 45.0. The predicted octanol–water partition coefficient (Wildman–Crippen LogP) is 23.1. The Bertz CT molecular complexity index is 4830. The Hall–Kier alpha value is -9.60. The number of carbonyl (C=O) groups is 4. The maximum Gasteiger partial charge on any atom is 0.314 e. The number of hydrogen-bond donors (Lipinski definition) is 8. The van der Waals surface area contributed by atoms with Crippen molar-refractivity contribution in [3.63, 3.8) is 0 Å². The van der Waals surface area contributed by atoms with Gasteiger partial charge >= 0.3 is 23.9 Å². The number of aliphatic carboxylic acids is 4. The lowest BCUT2D eigenvalue weighted by molar-refractivity contribution is -0.148. The summed E-state index contributed by atoms with van der Waals surface area (Å²) >= 11 is 24.5. The highest BCUT2D eigenvalue weighted by Gasteiger charge is 2.49. The van der Waals surface area contributed by atoms with E-state index in [1.54, 1.807) is 36.7 Å². The van der Waals surface area contributed by atoms with Crippen LogP contribution in [0, 0.1) is 46.8 Å². The number of anilines is 12. The Kier molecular flexibility index (Phi) is 34.5. The zero-order valence-electron chi connectivity index (χ0n) is 73.3. The van der Waals surface area contributed by atoms with E-state index in [2.05, 4.69) is 152 Å². The van der Waals surface area contributed by atoms with E-state index in [1.165, 1.54) is 6.20 Å². The first-order valence-electron chi connectivity index (χ1n) is 43.5. The van der Waals surface area contributed by atoms with Gasteiger partial charge in [0.15, 0.2) is 5.82 Å². The monoisotopic (exact) mass is 1760 g/mol. The van der Waals surface area contributed by atoms with Crippen molar-refractivity contribution in [1.29, 1.82) is 5.26 Å². The van der Waals surface area contributed by atoms with Gasteiger partial charge < -0.3 is 70.8 Å². The fourth-order valence-electron chi connectivity index (χ4n) is 16.8. The highest BCUT2D eigenvalue weighted by atomic mass is 35.5. The quantitative estimate of drug-likeness (QED) is 0.0186. The third-order valence-electron chi connectivity index (χ3n) is 23.2. The standard InChI is InChI=1S/C26H32Cl2N2O3.C24H32ClN3O2.C24H31N5O2.C23H29ClN2O3/c1-17(2)16-30(22-6-10-33-11-7-22)24-5-4-18(26(25(31)32)8-3-9-26)12-23(24)29-21-14-19(27)13-20(28)15-21;1-16(2)14-28(15-17(3)4)21-8-6-18(24(23(29)30)10-5-11-24)12-20(21)27-22-9-7-19(25)13-26-22;1-16(2)14-29(15-17(3)4)22-20(28-21-7-6-18(11-25)12-26-21)10-19(13-27-22)24(23(30)31)8-5-9-24;1-16(2)15-26(20-9-11-29-12-10-20)22-8-3-17(14-23(27)28)13-21(22)25-19-6-4-18(24)5-7-19/h4-5,12-15,17,22,29H,3,6-11,16H2,1-2H3,(H,31,32);6-9,12-13,16-17H,5,10-11,14-15H2,1-4H3,(H,26,27)(H,29,30);6-7,10,12-13,16-17H,5,8-9,14-15H2,1-4H3,(H,26,28)(H,30,31);3-8,13,16,20,25H,9-12,14-15H2,1-2H3,(H,27,28). The molecule has 3 saturated carbocycles. The van der Waals surface area contributed by atoms with Gasteiger partial charge in [-0.25, -0.2) is 15.0 Å². The average Bonchev–Trinajstić information content (AvgIpc) is 0.771. The van der Waals surface area contributed by atoms with Gasteiger partial charge in [-0.15, -0.1) is 0 Å². The van der Waals surface area contributed by atoms with Crippen LogP contribution in [-0.4, -0.2) is 137 Å². The summed E-state index contributed by atoms with van der Waals surface area (Å²) in [7, 11) is 0. The SMILES string of the molecule is CC(C)CN(CC(C)C)c1ccc(C2(C(=O)O)CCC2)cc1Nc1ccc(Cl)cn1.CC(C)CN(CC(C)C)c1ncc(C2(C(=O)O)CCC2)cc1Nc1ccc(C#N)cn1.CC(C)CN(c1ccc(C2(C(=O)O)CCC2)cc1Nc1cc(Cl)cc(Cl)c1)C1CCOCC1.CC(C)CN(c1ccc(CC(=O)O)cc1Nc1ccc(Cl)cc1)C1CCOCC1. The summed E-state index contributed by atoms with van der Waals surface area (Å²) in [4.78, 5) is 70.6. The Morgan fingerprint density at radius 3 is 1.25 bits per heavy atom. The van der Waals surface area contributed by atoms with Crippen molar-refractivity contribution in [3.05, 3.63) is 194 Å². The average molecular weight is 1760 g/mol. The maximum atomic E-state index is 12.2. The maximum absolute atomic E-state index is 12.2. The number of nitrogens with zero attached hydrogens (tertiary/aromatic N) is 8. The zero-order valence-corrected chi connectivity index (χ0v) is 76.3. The number of rotatable bonds is 34. The van der Waals surface area contributed by atoms with E-state index in [0.29, 0.717) is 123 Å². The van der Waals surface area contributed by atoms with Gasteiger partial charge in [0.1, 0.15) is 17.7 Å². The van der Waals surface area contributed by atoms with Crippen LogP contribution in [0.5, 0.6) is 0 Å². The van der Waals surface area contributed by atoms with Crippen molar-refractivity contribution in [2.75, 3.05) is 107 Å². The number of benzene rings is 5. The molecule has 5 aromatic carbocycles. The van der Waals surface area contributed by atoms with E-state index >= 15 is 0 Å². The number of aromatic nitrogens is 3. The topological polar surface area (TPSA) is 291 Å². The van der Waals surface area contributed by atoms with Gasteiger partial charge in [-0.05, 0) is 231 Å². The lowest BCUT2D eigenvalue weighted by Gasteiger charge is -2.41. The summed E-state index contributed by atoms with van der Waals surface area (Å²) in [5, 5.41) is 64.2. The molecule has 0 atom stereocenters. The second-order valence-corrected chi connectivity index (χ2v) is 37.7. The van der Waals surface area contributed by atoms with Gasteiger partial charge in [0.2, 0.25) is 0 Å². The van der Waals surface area contributed by atoms with Crippen LogP contribution in [0.1, 0.15) is 194 Å². The first-order chi connectivity index (χ1) is 58.7. The van der Waals surface area contributed by atoms with E-state index in [4.69, 9.17) is 66.1 Å². The number of ether oxygens (including phenoxy) is 2. The molecular formula is C97H124Cl4N12O10. The zero-order chi connectivity index (χ0) is 88.9. The minimum Gasteiger partial charge on any atom is -0.481 e. The molecule has 13 rings (SSSR count). The Balaban J connectivity index is 0.000000172. The lowest BCUT2D eigenvalue weighted by atomic mass is 9.64. The van der Waals surface area contributed by atoms with Gasteiger partial charge in [-0.1, -0.05) is 167 Å². The molecule has 0 bridgehead atoms. The van der Waals surface area contributed by atoms with Gasteiger partial charge in [0.05, 0.1) is 73.1 Å². The van der Waals surface area contributed by atoms with Crippen LogP contribution in [0.4, 0.5) is 68.6 Å². The van der Waals surface area contributed by atoms with Crippen molar-refractivity contribution < 1.29 is 49.1 Å². The van der Waals surface area contributed by atoms with E-state index in [1.807, 2.05) is 91.0 Å². The number of carboxylic acids is 4. The normalized spacial score (nSPS) is 15.7. The second kappa shape index (κ2) is 44.3. The minimum atomic E-state index is -0.860. The van der Waals surface area contributed by atoms with E-state index < -0.39 is 40.1 Å². The Labute approximate surface area is 746 Å². The molecule has 5 heterocycles. The summed E-state index contributed by atoms with van der Waals surface area (Å²) < 4.78 is 11.2. The van der Waals surface area contributed by atoms with Crippen molar-refractivity contribution in [2.45, 2.75) is 201 Å². The number of nitrogens with one attached hydrogen (secondary N) is 4. The molecule has 2 saturated heterocycles. The van der Waals surface area contributed by atoms with Crippen LogP contribution in [0.15, 0.2) is 146 Å². The molecule has 0 unspecified atom stereocenters. The van der Waals surface area contributed by atoms with Crippen LogP contribution in [0.25, 0.3) is 0 Å². The molecule has 2 aliphatic heterocycles. The molecule has 5 fully saturated rings. The van der Waals surface area contributed by atoms with E-state index in [9.17, 15) is 39.6 Å². The van der Waals surface area contributed by atoms with E-state index in [0.717, 1.165) is 190 Å². The van der Waals surface area contributed by atoms with Crippen molar-refractivity contribution >= 4 is 139 Å². The number of carboxylic acid groups (broad SMARTS) is 4. The number of hydrogen-bond acceptors (Lipinski definition) is 18. The van der Waals surface area contributed by atoms with Crippen molar-refractivity contribution in [2.24, 2.45) is 35.5 Å². The molecular weight excluding hydrogens is 1630 g/mol. The number of halogens is 4. The molecule has 22 nitrogen and oxygen atoms in total. The van der Waals surface area contributed by atoms with Crippen LogP contribution in [0.3, 0.4) is 0 Å². The lowest BCUT2D eigenvalue weighted by Crippen LogP contribution is -2.43. The highest BCUT2D eigenvalue weighted by molar-refractivity contribution is 6.35. The van der Waals surface area contributed by atoms with Crippen LogP contribution in [0.2, 0.25) is 20.1 Å². The molecule has 0 spiro atoms. The molecule has 5 aliphatic rings. The fraction of sp³-hybridized carbons (Fsp3) is 0.485. The fourth-order valence-corrected chi connectivity index (χ4v) is 17.6. The summed E-state index contributed by atoms with van der Waals surface area (Å²) in [5.41, 5.74) is 9.58. The molecule has 0 radical (unpaired) electrons. The predicted molar refractivity (Wildman–Crippen MR) is 499 cm³/mol. The van der Waals surface area contributed by atoms with Crippen molar-refractivity contribution in [1.82, 2.24) is 15.0 Å². The number of pyridine rings is 3. The third kappa shape index (κ3) is 25.8. The van der Waals surface area contributed by atoms with Crippen molar-refractivity contribution in [3.8, 4) is 6.07 Å². The van der Waals surface area contributed by atoms with E-state index in [-0.39, 0.29) is 6.42 Å². The first kappa shape index (κ1) is 95.6. The summed E-state index contributed by atoms with van der Waals surface area (Å²) in [6.45, 7) is 34.8. The number of nitriles is 1. The summed E-state index contributed by atoms with van der Waals surface area (Å²) in [5.74, 6) is 1.81. The summed E-state index contributed by atoms with van der Waals surface area (Å²) in [6.07, 6.45) is 15.5. The van der Waals surface area contributed by atoms with Crippen LogP contribution in [-0.2, 0) is 51.3 Å². The Morgan fingerprint density at radius 1 is 0.423 bits per heavy atom. The van der Waals surface area contributed by atoms with Crippen LogP contribution < -0.4 is 40.9 Å². The molecule has 8 aromatic rings. The van der Waals surface area contributed by atoms with Gasteiger partial charge in [-0.2, -0.15) is 5.26 Å². The third-order valence-corrected chi connectivity index (χ3v) is 24.1. The minimum absolute atomic E-state index is 0.00295. The Morgan fingerprint density at radius 2 is 0.829 bits per heavy atom.